The second kappa shape index (κ2) is 7.02. The van der Waals surface area contributed by atoms with Gasteiger partial charge in [-0.1, -0.05) is 24.3 Å². The van der Waals surface area contributed by atoms with Gasteiger partial charge in [-0.3, -0.25) is 4.99 Å². The van der Waals surface area contributed by atoms with Crippen LogP contribution in [0.4, 0.5) is 0 Å². The number of halogens is 2. The molecule has 20 heavy (non-hydrogen) atoms. The molecule has 0 amide bonds. The van der Waals surface area contributed by atoms with Gasteiger partial charge in [0.2, 0.25) is 0 Å². The molecule has 3 heteroatoms. The van der Waals surface area contributed by atoms with E-state index in [1.165, 1.54) is 29.4 Å². The standard InChI is InChI=1S/C17H17I2N/c1-11-5-4-6-12(2)16(11)10-20-13(3)15-8-7-14(18)9-17(15)19/h4-10,13H,1-3H3/b20-10-. The number of nitrogens with zero attached hydrogens (tertiary/aromatic N) is 1. The van der Waals surface area contributed by atoms with Crippen LogP contribution in [0.5, 0.6) is 0 Å². The third-order valence-corrected chi connectivity index (χ3v) is 4.99. The van der Waals surface area contributed by atoms with Crippen molar-refractivity contribution in [1.82, 2.24) is 0 Å². The Kier molecular flexibility index (Phi) is 5.60. The van der Waals surface area contributed by atoms with Gasteiger partial charge in [-0.25, -0.2) is 0 Å². The molecule has 0 N–H and O–H groups in total. The minimum atomic E-state index is 0.179. The molecule has 1 unspecified atom stereocenters. The highest BCUT2D eigenvalue weighted by atomic mass is 127. The van der Waals surface area contributed by atoms with Crippen molar-refractivity contribution in [3.05, 3.63) is 65.8 Å². The Morgan fingerprint density at radius 1 is 1.05 bits per heavy atom. The highest BCUT2D eigenvalue weighted by molar-refractivity contribution is 14.1. The lowest BCUT2D eigenvalue weighted by Crippen LogP contribution is -1.97. The zero-order valence-electron chi connectivity index (χ0n) is 11.8. The van der Waals surface area contributed by atoms with Crippen molar-refractivity contribution in [3.63, 3.8) is 0 Å². The Labute approximate surface area is 148 Å². The minimum absolute atomic E-state index is 0.179. The van der Waals surface area contributed by atoms with Gasteiger partial charge in [-0.2, -0.15) is 0 Å². The number of hydrogen-bond donors (Lipinski definition) is 0. The van der Waals surface area contributed by atoms with Crippen LogP contribution in [0.1, 0.15) is 35.2 Å². The molecular formula is C17H17I2N. The van der Waals surface area contributed by atoms with Gasteiger partial charge < -0.3 is 0 Å². The lowest BCUT2D eigenvalue weighted by atomic mass is 10.0. The maximum absolute atomic E-state index is 4.74. The molecule has 0 aliphatic carbocycles. The van der Waals surface area contributed by atoms with E-state index in [4.69, 9.17) is 4.99 Å². The predicted octanol–water partition coefficient (Wildman–Crippen LogP) is 5.69. The molecular weight excluding hydrogens is 472 g/mol. The Balaban J connectivity index is 2.27. The van der Waals surface area contributed by atoms with E-state index in [1.807, 2.05) is 6.21 Å². The second-order valence-electron chi connectivity index (χ2n) is 4.93. The summed E-state index contributed by atoms with van der Waals surface area (Å²) in [4.78, 5) is 4.74. The first kappa shape index (κ1) is 15.9. The summed E-state index contributed by atoms with van der Waals surface area (Å²) >= 11 is 4.73. The lowest BCUT2D eigenvalue weighted by Gasteiger charge is -2.10. The van der Waals surface area contributed by atoms with Crippen molar-refractivity contribution in [2.24, 2.45) is 4.99 Å². The summed E-state index contributed by atoms with van der Waals surface area (Å²) in [6.45, 7) is 6.41. The largest absolute Gasteiger partial charge is 0.285 e. The van der Waals surface area contributed by atoms with E-state index in [1.54, 1.807) is 0 Å². The van der Waals surface area contributed by atoms with Crippen LogP contribution in [0.3, 0.4) is 0 Å². The summed E-state index contributed by atoms with van der Waals surface area (Å²) in [6.07, 6.45) is 2.02. The van der Waals surface area contributed by atoms with Crippen LogP contribution in [0.2, 0.25) is 0 Å². The van der Waals surface area contributed by atoms with Crippen LogP contribution in [-0.2, 0) is 0 Å². The molecule has 0 aromatic heterocycles. The third-order valence-electron chi connectivity index (χ3n) is 3.38. The first-order valence-corrected chi connectivity index (χ1v) is 8.69. The molecule has 2 aromatic carbocycles. The van der Waals surface area contributed by atoms with Gasteiger partial charge in [0.15, 0.2) is 0 Å². The fourth-order valence-electron chi connectivity index (χ4n) is 2.14. The highest BCUT2D eigenvalue weighted by Crippen LogP contribution is 2.24. The van der Waals surface area contributed by atoms with Gasteiger partial charge in [-0.15, -0.1) is 0 Å². The lowest BCUT2D eigenvalue weighted by molar-refractivity contribution is 0.819. The van der Waals surface area contributed by atoms with E-state index in [2.05, 4.69) is 102 Å². The topological polar surface area (TPSA) is 12.4 Å². The first-order valence-electron chi connectivity index (χ1n) is 6.53. The maximum Gasteiger partial charge on any atom is 0.0731 e. The first-order chi connectivity index (χ1) is 9.49. The number of hydrogen-bond acceptors (Lipinski definition) is 1. The van der Waals surface area contributed by atoms with E-state index in [-0.39, 0.29) is 6.04 Å². The molecule has 1 nitrogen and oxygen atoms in total. The molecule has 2 rings (SSSR count). The zero-order valence-corrected chi connectivity index (χ0v) is 16.1. The molecule has 104 valence electrons. The Morgan fingerprint density at radius 3 is 2.30 bits per heavy atom. The molecule has 0 aliphatic rings. The Bertz CT molecular complexity index is 627. The van der Waals surface area contributed by atoms with Crippen LogP contribution >= 0.6 is 45.2 Å². The van der Waals surface area contributed by atoms with Crippen LogP contribution in [0.15, 0.2) is 41.4 Å². The molecule has 1 atom stereocenters. The normalized spacial score (nSPS) is 12.8. The Morgan fingerprint density at radius 2 is 1.70 bits per heavy atom. The van der Waals surface area contributed by atoms with E-state index in [9.17, 15) is 0 Å². The zero-order chi connectivity index (χ0) is 14.7. The average Bonchev–Trinajstić information content (AvgIpc) is 2.37. The fraction of sp³-hybridized carbons (Fsp3) is 0.235. The van der Waals surface area contributed by atoms with Crippen LogP contribution in [0.25, 0.3) is 0 Å². The van der Waals surface area contributed by atoms with E-state index >= 15 is 0 Å². The molecule has 0 fully saturated rings. The molecule has 0 aliphatic heterocycles. The van der Waals surface area contributed by atoms with Crippen molar-refractivity contribution < 1.29 is 0 Å². The van der Waals surface area contributed by atoms with E-state index in [0.717, 1.165) is 0 Å². The van der Waals surface area contributed by atoms with Crippen molar-refractivity contribution in [3.8, 4) is 0 Å². The molecule has 2 aromatic rings. The molecule has 0 bridgehead atoms. The summed E-state index contributed by atoms with van der Waals surface area (Å²) in [6, 6.07) is 13.0. The van der Waals surface area contributed by atoms with E-state index in [0.29, 0.717) is 0 Å². The highest BCUT2D eigenvalue weighted by Gasteiger charge is 2.08. The van der Waals surface area contributed by atoms with Gasteiger partial charge >= 0.3 is 0 Å². The molecule has 0 spiro atoms. The predicted molar refractivity (Wildman–Crippen MR) is 104 cm³/mol. The number of aryl methyl sites for hydroxylation is 2. The monoisotopic (exact) mass is 489 g/mol. The van der Waals surface area contributed by atoms with Crippen molar-refractivity contribution >= 4 is 51.4 Å². The molecule has 0 heterocycles. The van der Waals surface area contributed by atoms with Crippen LogP contribution in [-0.4, -0.2) is 6.21 Å². The third kappa shape index (κ3) is 3.81. The summed E-state index contributed by atoms with van der Waals surface area (Å²) in [5, 5.41) is 0. The van der Waals surface area contributed by atoms with Gasteiger partial charge in [0.05, 0.1) is 6.04 Å². The maximum atomic E-state index is 4.74. The number of benzene rings is 2. The fourth-order valence-corrected chi connectivity index (χ4v) is 4.19. The molecule has 0 saturated carbocycles. The van der Waals surface area contributed by atoms with Crippen LogP contribution < -0.4 is 0 Å². The quantitative estimate of drug-likeness (QED) is 0.388. The molecule has 0 radical (unpaired) electrons. The van der Waals surface area contributed by atoms with E-state index < -0.39 is 0 Å². The van der Waals surface area contributed by atoms with Gasteiger partial charge in [0, 0.05) is 13.4 Å². The summed E-state index contributed by atoms with van der Waals surface area (Å²) in [7, 11) is 0. The van der Waals surface area contributed by atoms with Crippen LogP contribution in [0, 0.1) is 21.0 Å². The average molecular weight is 489 g/mol. The molecule has 0 saturated heterocycles. The Hall–Kier alpha value is -0.430. The summed E-state index contributed by atoms with van der Waals surface area (Å²) in [5.41, 5.74) is 5.07. The van der Waals surface area contributed by atoms with Crippen molar-refractivity contribution in [2.45, 2.75) is 26.8 Å². The van der Waals surface area contributed by atoms with Gasteiger partial charge in [0.25, 0.3) is 0 Å². The van der Waals surface area contributed by atoms with Gasteiger partial charge in [0.1, 0.15) is 0 Å². The minimum Gasteiger partial charge on any atom is -0.285 e. The van der Waals surface area contributed by atoms with Crippen molar-refractivity contribution in [1.29, 1.82) is 0 Å². The van der Waals surface area contributed by atoms with Gasteiger partial charge in [-0.05, 0) is 100 Å². The number of rotatable bonds is 3. The summed E-state index contributed by atoms with van der Waals surface area (Å²) in [5.74, 6) is 0. The SMILES string of the molecule is Cc1cccc(C)c1/C=N\C(C)c1ccc(I)cc1I. The van der Waals surface area contributed by atoms with Crippen molar-refractivity contribution in [2.75, 3.05) is 0 Å². The second-order valence-corrected chi connectivity index (χ2v) is 7.33. The number of aliphatic imine (C=N–C) groups is 1. The summed E-state index contributed by atoms with van der Waals surface area (Å²) < 4.78 is 2.54. The smallest absolute Gasteiger partial charge is 0.0731 e.